The molecule has 0 bridgehead atoms. The lowest BCUT2D eigenvalue weighted by Crippen LogP contribution is -2.08. The van der Waals surface area contributed by atoms with Gasteiger partial charge in [-0.2, -0.15) is 0 Å². The first-order valence-electron chi connectivity index (χ1n) is 7.83. The summed E-state index contributed by atoms with van der Waals surface area (Å²) in [7, 11) is 0. The highest BCUT2D eigenvalue weighted by molar-refractivity contribution is 5.10. The largest absolute Gasteiger partial charge is 0.390 e. The van der Waals surface area contributed by atoms with E-state index in [9.17, 15) is 5.11 Å². The van der Waals surface area contributed by atoms with Gasteiger partial charge in [0.05, 0.1) is 24.3 Å². The van der Waals surface area contributed by atoms with Crippen LogP contribution in [0.25, 0.3) is 0 Å². The molecule has 0 saturated heterocycles. The Labute approximate surface area is 118 Å². The van der Waals surface area contributed by atoms with Crippen LogP contribution in [0.3, 0.4) is 0 Å². The molecule has 1 aromatic rings. The second-order valence-corrected chi connectivity index (χ2v) is 5.60. The molecule has 0 radical (unpaired) electrons. The van der Waals surface area contributed by atoms with E-state index in [0.717, 1.165) is 11.4 Å². The smallest absolute Gasteiger partial charge is 0.0954 e. The fraction of sp³-hybridized carbons (Fsp3) is 0.812. The zero-order valence-electron chi connectivity index (χ0n) is 12.9. The Bertz CT molecular complexity index is 347. The molecular weight excluding hydrogens is 236 g/mol. The first-order chi connectivity index (χ1) is 9.20. The van der Waals surface area contributed by atoms with Crippen LogP contribution in [0.1, 0.15) is 82.6 Å². The molecule has 0 aliphatic rings. The number of unbranched alkanes of at least 4 members (excludes halogenated alkanes) is 6. The Balaban J connectivity index is 2.22. The van der Waals surface area contributed by atoms with Crippen molar-refractivity contribution >= 4 is 0 Å². The zero-order valence-corrected chi connectivity index (χ0v) is 12.9. The second kappa shape index (κ2) is 9.13. The highest BCUT2D eigenvalue weighted by Gasteiger charge is 2.11. The summed E-state index contributed by atoms with van der Waals surface area (Å²) in [6.07, 6.45) is 12.5. The molecule has 1 unspecified atom stereocenters. The summed E-state index contributed by atoms with van der Waals surface area (Å²) in [5, 5.41) is 9.37. The van der Waals surface area contributed by atoms with Gasteiger partial charge in [-0.1, -0.05) is 51.9 Å². The molecule has 0 fully saturated rings. The van der Waals surface area contributed by atoms with Gasteiger partial charge in [0.2, 0.25) is 0 Å². The quantitative estimate of drug-likeness (QED) is 0.638. The number of rotatable bonds is 10. The fourth-order valence-electron chi connectivity index (χ4n) is 2.59. The molecule has 1 atom stereocenters. The van der Waals surface area contributed by atoms with E-state index >= 15 is 0 Å². The third kappa shape index (κ3) is 5.35. The second-order valence-electron chi connectivity index (χ2n) is 5.60. The normalized spacial score (nSPS) is 12.8. The van der Waals surface area contributed by atoms with E-state index in [-0.39, 0.29) is 6.61 Å². The topological polar surface area (TPSA) is 38.0 Å². The molecule has 1 rings (SSSR count). The number of aryl methyl sites for hydroxylation is 1. The van der Waals surface area contributed by atoms with Gasteiger partial charge in [-0.05, 0) is 20.3 Å². The number of aromatic nitrogens is 2. The van der Waals surface area contributed by atoms with Crippen LogP contribution in [-0.4, -0.2) is 14.7 Å². The number of aliphatic hydroxyl groups excluding tert-OH is 1. The van der Waals surface area contributed by atoms with Crippen LogP contribution >= 0.6 is 0 Å². The standard InChI is InChI=1S/C16H30N2O/c1-4-5-6-7-8-9-10-11-14(2)18-13-17-15(3)16(18)12-19/h13-14,19H,4-12H2,1-3H3. The molecule has 1 aromatic heterocycles. The maximum Gasteiger partial charge on any atom is 0.0954 e. The minimum atomic E-state index is 0.0905. The minimum absolute atomic E-state index is 0.0905. The Morgan fingerprint density at radius 2 is 1.79 bits per heavy atom. The number of nitrogens with zero attached hydrogens (tertiary/aromatic N) is 2. The average molecular weight is 266 g/mol. The van der Waals surface area contributed by atoms with E-state index in [4.69, 9.17) is 0 Å². The molecule has 0 saturated carbocycles. The number of hydrogen-bond donors (Lipinski definition) is 1. The maximum atomic E-state index is 9.37. The molecular formula is C16H30N2O. The van der Waals surface area contributed by atoms with E-state index in [1.807, 2.05) is 13.3 Å². The summed E-state index contributed by atoms with van der Waals surface area (Å²) < 4.78 is 2.13. The minimum Gasteiger partial charge on any atom is -0.390 e. The Morgan fingerprint density at radius 1 is 1.16 bits per heavy atom. The number of hydrogen-bond acceptors (Lipinski definition) is 2. The van der Waals surface area contributed by atoms with Crippen LogP contribution in [0, 0.1) is 6.92 Å². The van der Waals surface area contributed by atoms with Gasteiger partial charge < -0.3 is 9.67 Å². The molecule has 0 aliphatic carbocycles. The Hall–Kier alpha value is -0.830. The van der Waals surface area contributed by atoms with Gasteiger partial charge in [0.1, 0.15) is 0 Å². The van der Waals surface area contributed by atoms with E-state index < -0.39 is 0 Å². The van der Waals surface area contributed by atoms with E-state index in [0.29, 0.717) is 6.04 Å². The van der Waals surface area contributed by atoms with Gasteiger partial charge in [0, 0.05) is 6.04 Å². The summed E-state index contributed by atoms with van der Waals surface area (Å²) in [5.41, 5.74) is 1.92. The van der Waals surface area contributed by atoms with Crippen molar-refractivity contribution in [3.8, 4) is 0 Å². The zero-order chi connectivity index (χ0) is 14.1. The fourth-order valence-corrected chi connectivity index (χ4v) is 2.59. The predicted molar refractivity (Wildman–Crippen MR) is 80.2 cm³/mol. The SMILES string of the molecule is CCCCCCCCCC(C)n1cnc(C)c1CO. The molecule has 110 valence electrons. The molecule has 1 heterocycles. The summed E-state index contributed by atoms with van der Waals surface area (Å²) in [6, 6.07) is 0.444. The van der Waals surface area contributed by atoms with Crippen molar-refractivity contribution in [1.29, 1.82) is 0 Å². The summed E-state index contributed by atoms with van der Waals surface area (Å²) >= 11 is 0. The van der Waals surface area contributed by atoms with Gasteiger partial charge >= 0.3 is 0 Å². The van der Waals surface area contributed by atoms with Crippen molar-refractivity contribution in [3.63, 3.8) is 0 Å². The van der Waals surface area contributed by atoms with Gasteiger partial charge in [-0.15, -0.1) is 0 Å². The van der Waals surface area contributed by atoms with Crippen LogP contribution in [0.2, 0.25) is 0 Å². The number of imidazole rings is 1. The monoisotopic (exact) mass is 266 g/mol. The molecule has 19 heavy (non-hydrogen) atoms. The van der Waals surface area contributed by atoms with Crippen LogP contribution in [0.5, 0.6) is 0 Å². The van der Waals surface area contributed by atoms with Crippen molar-refractivity contribution in [1.82, 2.24) is 9.55 Å². The van der Waals surface area contributed by atoms with Crippen LogP contribution < -0.4 is 0 Å². The summed E-state index contributed by atoms with van der Waals surface area (Å²) in [6.45, 7) is 6.53. The van der Waals surface area contributed by atoms with Crippen molar-refractivity contribution in [2.24, 2.45) is 0 Å². The lowest BCUT2D eigenvalue weighted by Gasteiger charge is -2.16. The molecule has 1 N–H and O–H groups in total. The van der Waals surface area contributed by atoms with Crippen molar-refractivity contribution < 1.29 is 5.11 Å². The molecule has 0 aromatic carbocycles. The highest BCUT2D eigenvalue weighted by atomic mass is 16.3. The van der Waals surface area contributed by atoms with E-state index in [1.165, 1.54) is 51.4 Å². The Kier molecular flexibility index (Phi) is 7.80. The molecule has 3 nitrogen and oxygen atoms in total. The Morgan fingerprint density at radius 3 is 2.42 bits per heavy atom. The lowest BCUT2D eigenvalue weighted by molar-refractivity contribution is 0.264. The first kappa shape index (κ1) is 16.2. The van der Waals surface area contributed by atoms with Crippen LogP contribution in [0.4, 0.5) is 0 Å². The summed E-state index contributed by atoms with van der Waals surface area (Å²) in [4.78, 5) is 4.29. The van der Waals surface area contributed by atoms with E-state index in [2.05, 4.69) is 23.4 Å². The van der Waals surface area contributed by atoms with Crippen LogP contribution in [-0.2, 0) is 6.61 Å². The predicted octanol–water partition coefficient (Wildman–Crippen LogP) is 4.39. The molecule has 0 aliphatic heterocycles. The number of aliphatic hydroxyl groups is 1. The third-order valence-electron chi connectivity index (χ3n) is 3.96. The van der Waals surface area contributed by atoms with Crippen LogP contribution in [0.15, 0.2) is 6.33 Å². The van der Waals surface area contributed by atoms with Crippen molar-refractivity contribution in [3.05, 3.63) is 17.7 Å². The summed E-state index contributed by atoms with van der Waals surface area (Å²) in [5.74, 6) is 0. The van der Waals surface area contributed by atoms with Crippen molar-refractivity contribution in [2.45, 2.75) is 84.8 Å². The van der Waals surface area contributed by atoms with Gasteiger partial charge in [-0.25, -0.2) is 4.98 Å². The molecule has 0 amide bonds. The molecule has 3 heteroatoms. The van der Waals surface area contributed by atoms with E-state index in [1.54, 1.807) is 0 Å². The maximum absolute atomic E-state index is 9.37. The highest BCUT2D eigenvalue weighted by Crippen LogP contribution is 2.20. The first-order valence-corrected chi connectivity index (χ1v) is 7.83. The lowest BCUT2D eigenvalue weighted by atomic mass is 10.1. The average Bonchev–Trinajstić information content (AvgIpc) is 2.78. The third-order valence-corrected chi connectivity index (χ3v) is 3.96. The van der Waals surface area contributed by atoms with Gasteiger partial charge in [0.25, 0.3) is 0 Å². The molecule has 0 spiro atoms. The van der Waals surface area contributed by atoms with Gasteiger partial charge in [-0.3, -0.25) is 0 Å². The van der Waals surface area contributed by atoms with Crippen molar-refractivity contribution in [2.75, 3.05) is 0 Å². The van der Waals surface area contributed by atoms with Gasteiger partial charge in [0.15, 0.2) is 0 Å².